The summed E-state index contributed by atoms with van der Waals surface area (Å²) in [6, 6.07) is 0. The molecule has 2 bridgehead atoms. The van der Waals surface area contributed by atoms with Crippen LogP contribution in [-0.4, -0.2) is 72.7 Å². The third-order valence-electron chi connectivity index (χ3n) is 10.5. The van der Waals surface area contributed by atoms with E-state index in [4.69, 9.17) is 19.2 Å². The van der Waals surface area contributed by atoms with Crippen LogP contribution >= 0.6 is 0 Å². The normalized spacial score (nSPS) is 52.8. The van der Waals surface area contributed by atoms with Gasteiger partial charge in [-0.3, -0.25) is 4.79 Å². The van der Waals surface area contributed by atoms with Gasteiger partial charge in [0.05, 0.1) is 11.5 Å². The summed E-state index contributed by atoms with van der Waals surface area (Å²) >= 11 is 0. The lowest BCUT2D eigenvalue weighted by Gasteiger charge is -2.59. The zero-order chi connectivity index (χ0) is 22.5. The number of fused-ring (bicyclic) bond motifs is 4. The Kier molecular flexibility index (Phi) is 4.70. The zero-order valence-corrected chi connectivity index (χ0v) is 20.4. The summed E-state index contributed by atoms with van der Waals surface area (Å²) in [4.78, 5) is 30.1. The fourth-order valence-corrected chi connectivity index (χ4v) is 8.37. The van der Waals surface area contributed by atoms with Crippen LogP contribution in [0.5, 0.6) is 0 Å². The zero-order valence-electron chi connectivity index (χ0n) is 20.4. The molecule has 0 aromatic carbocycles. The molecule has 32 heavy (non-hydrogen) atoms. The van der Waals surface area contributed by atoms with E-state index < -0.39 is 17.7 Å². The number of rotatable bonds is 2. The van der Waals surface area contributed by atoms with Gasteiger partial charge in [-0.25, -0.2) is 0 Å². The van der Waals surface area contributed by atoms with E-state index in [1.165, 1.54) is 0 Å². The monoisotopic (exact) mass is 448 g/mol. The average Bonchev–Trinajstić information content (AvgIpc) is 3.36. The molecule has 1 spiro atoms. The summed E-state index contributed by atoms with van der Waals surface area (Å²) in [5.74, 6) is 0.564. The van der Waals surface area contributed by atoms with Crippen molar-refractivity contribution in [2.45, 2.75) is 90.0 Å². The molecular weight excluding hydrogens is 408 g/mol. The molecule has 6 rings (SSSR count). The number of epoxide rings is 1. The predicted molar refractivity (Wildman–Crippen MR) is 117 cm³/mol. The number of carbonyl (C=O) groups is 1. The van der Waals surface area contributed by atoms with Crippen molar-refractivity contribution < 1.29 is 24.0 Å². The first kappa shape index (κ1) is 21.8. The molecule has 0 N–H and O–H groups in total. The van der Waals surface area contributed by atoms with Gasteiger partial charge in [-0.15, -0.1) is 0 Å². The maximum atomic E-state index is 14.0. The Labute approximate surface area is 192 Å². The Bertz CT molecular complexity index is 799. The molecule has 2 saturated carbocycles. The minimum atomic E-state index is -0.674. The number of carbonyl (C=O) groups excluding carboxylic acids is 1. The molecule has 8 atom stereocenters. The van der Waals surface area contributed by atoms with Gasteiger partial charge in [0.25, 0.3) is 0 Å². The SMILES string of the molecule is CC(C)[C@@]12CC[C@@H]3[C@@]4(C)CCC[C@@](C)(C(=O)N5CCN(C)CC5)[C@@H]4C[C@H]4O[C@@]34[C@@H](OO1)O2. The first-order valence-electron chi connectivity index (χ1n) is 12.8. The van der Waals surface area contributed by atoms with Gasteiger partial charge < -0.3 is 19.3 Å². The molecule has 0 radical (unpaired) electrons. The van der Waals surface area contributed by atoms with Crippen LogP contribution in [0, 0.1) is 28.6 Å². The predicted octanol–water partition coefficient (Wildman–Crippen LogP) is 3.18. The van der Waals surface area contributed by atoms with Crippen LogP contribution in [0.1, 0.15) is 66.2 Å². The van der Waals surface area contributed by atoms with Crippen LogP contribution in [0.2, 0.25) is 0 Å². The van der Waals surface area contributed by atoms with Crippen LogP contribution in [0.25, 0.3) is 0 Å². The summed E-state index contributed by atoms with van der Waals surface area (Å²) < 4.78 is 13.0. The van der Waals surface area contributed by atoms with Crippen molar-refractivity contribution in [3.05, 3.63) is 0 Å². The van der Waals surface area contributed by atoms with Gasteiger partial charge in [0.1, 0.15) is 0 Å². The highest BCUT2D eigenvalue weighted by molar-refractivity contribution is 5.83. The van der Waals surface area contributed by atoms with Gasteiger partial charge in [-0.05, 0) is 44.1 Å². The van der Waals surface area contributed by atoms with E-state index in [0.29, 0.717) is 17.7 Å². The minimum Gasteiger partial charge on any atom is -0.360 e. The molecule has 4 aliphatic heterocycles. The van der Waals surface area contributed by atoms with Gasteiger partial charge in [0.2, 0.25) is 18.0 Å². The van der Waals surface area contributed by atoms with Gasteiger partial charge in [-0.1, -0.05) is 34.1 Å². The summed E-state index contributed by atoms with van der Waals surface area (Å²) in [6.07, 6.45) is 5.60. The van der Waals surface area contributed by atoms with E-state index in [1.807, 2.05) is 0 Å². The van der Waals surface area contributed by atoms with E-state index in [0.717, 1.165) is 64.7 Å². The van der Waals surface area contributed by atoms with Gasteiger partial charge >= 0.3 is 0 Å². The molecule has 6 aliphatic rings. The van der Waals surface area contributed by atoms with Crippen molar-refractivity contribution in [3.8, 4) is 0 Å². The number of hydrogen-bond acceptors (Lipinski definition) is 6. The maximum Gasteiger partial charge on any atom is 0.228 e. The first-order chi connectivity index (χ1) is 15.2. The van der Waals surface area contributed by atoms with Crippen LogP contribution in [-0.2, 0) is 24.0 Å². The molecule has 0 aromatic rings. The highest BCUT2D eigenvalue weighted by atomic mass is 17.3. The second kappa shape index (κ2) is 6.91. The summed E-state index contributed by atoms with van der Waals surface area (Å²) in [5.41, 5.74) is -0.689. The Morgan fingerprint density at radius 1 is 1.00 bits per heavy atom. The highest BCUT2D eigenvalue weighted by Gasteiger charge is 2.80. The van der Waals surface area contributed by atoms with E-state index in [2.05, 4.69) is 44.5 Å². The molecule has 180 valence electrons. The smallest absolute Gasteiger partial charge is 0.228 e. The molecular formula is C25H40N2O5. The van der Waals surface area contributed by atoms with Crippen molar-refractivity contribution in [1.29, 1.82) is 0 Å². The first-order valence-corrected chi connectivity index (χ1v) is 12.8. The Morgan fingerprint density at radius 3 is 2.47 bits per heavy atom. The number of piperazine rings is 1. The molecule has 7 heteroatoms. The minimum absolute atomic E-state index is 0.0393. The summed E-state index contributed by atoms with van der Waals surface area (Å²) in [7, 11) is 2.14. The molecule has 4 heterocycles. The van der Waals surface area contributed by atoms with Gasteiger partial charge in [0.15, 0.2) is 5.60 Å². The lowest BCUT2D eigenvalue weighted by atomic mass is 9.45. The largest absolute Gasteiger partial charge is 0.360 e. The molecule has 4 saturated heterocycles. The van der Waals surface area contributed by atoms with Crippen LogP contribution in [0.4, 0.5) is 0 Å². The number of amides is 1. The number of nitrogens with zero attached hydrogens (tertiary/aromatic N) is 2. The second-order valence-electron chi connectivity index (χ2n) is 12.3. The van der Waals surface area contributed by atoms with Crippen molar-refractivity contribution in [1.82, 2.24) is 9.80 Å². The van der Waals surface area contributed by atoms with Crippen molar-refractivity contribution in [3.63, 3.8) is 0 Å². The van der Waals surface area contributed by atoms with Gasteiger partial charge in [0, 0.05) is 44.4 Å². The second-order valence-corrected chi connectivity index (χ2v) is 12.3. The number of likely N-dealkylation sites (N-methyl/N-ethyl adjacent to an activating group) is 1. The standard InChI is InChI=1S/C25H40N2O5/c1-16(2)24-10-7-17-22(3)8-6-9-23(4,20(28)27-13-11-26(5)12-14-27)18(22)15-19-25(17,29-19)21(30-24)31-32-24/h16-19,21H,6-15H2,1-5H3/t17-,18-,19-,21-,22-,23-,24-,25+/m1/s1. The third kappa shape index (κ3) is 2.69. The van der Waals surface area contributed by atoms with Crippen LogP contribution in [0.3, 0.4) is 0 Å². The maximum absolute atomic E-state index is 14.0. The van der Waals surface area contributed by atoms with E-state index >= 15 is 0 Å². The Hall–Kier alpha value is -0.730. The molecule has 7 nitrogen and oxygen atoms in total. The van der Waals surface area contributed by atoms with Crippen molar-refractivity contribution >= 4 is 5.91 Å². The number of ether oxygens (including phenoxy) is 2. The molecule has 2 aliphatic carbocycles. The van der Waals surface area contributed by atoms with Crippen molar-refractivity contribution in [2.24, 2.45) is 28.6 Å². The lowest BCUT2D eigenvalue weighted by Crippen LogP contribution is -2.62. The highest BCUT2D eigenvalue weighted by Crippen LogP contribution is 2.72. The van der Waals surface area contributed by atoms with Crippen molar-refractivity contribution in [2.75, 3.05) is 33.2 Å². The average molecular weight is 449 g/mol. The third-order valence-corrected chi connectivity index (χ3v) is 10.5. The lowest BCUT2D eigenvalue weighted by molar-refractivity contribution is -0.356. The fraction of sp³-hybridized carbons (Fsp3) is 0.960. The van der Waals surface area contributed by atoms with Gasteiger partial charge in [-0.2, -0.15) is 9.78 Å². The quantitative estimate of drug-likeness (QED) is 0.478. The summed E-state index contributed by atoms with van der Waals surface area (Å²) in [5, 5.41) is 0. The Morgan fingerprint density at radius 2 is 1.75 bits per heavy atom. The van der Waals surface area contributed by atoms with E-state index in [9.17, 15) is 4.79 Å². The molecule has 6 fully saturated rings. The summed E-state index contributed by atoms with van der Waals surface area (Å²) in [6.45, 7) is 12.6. The topological polar surface area (TPSA) is 63.8 Å². The van der Waals surface area contributed by atoms with Crippen LogP contribution < -0.4 is 0 Å². The molecule has 0 unspecified atom stereocenters. The molecule has 1 amide bonds. The fourth-order valence-electron chi connectivity index (χ4n) is 8.37. The number of hydrogen-bond donors (Lipinski definition) is 0. The molecule has 0 aromatic heterocycles. The van der Waals surface area contributed by atoms with E-state index in [1.54, 1.807) is 0 Å². The Balaban J connectivity index is 1.32. The van der Waals surface area contributed by atoms with Crippen LogP contribution in [0.15, 0.2) is 0 Å². The van der Waals surface area contributed by atoms with E-state index in [-0.39, 0.29) is 22.9 Å².